The summed E-state index contributed by atoms with van der Waals surface area (Å²) in [6, 6.07) is 1.01. The molecule has 0 aliphatic heterocycles. The lowest BCUT2D eigenvalue weighted by molar-refractivity contribution is -0.143. The number of hydrogen-bond acceptors (Lipinski definition) is 9. The predicted octanol–water partition coefficient (Wildman–Crippen LogP) is -2.19. The number of benzene rings is 1. The van der Waals surface area contributed by atoms with Crippen molar-refractivity contribution < 1.29 is 39.3 Å². The van der Waals surface area contributed by atoms with Crippen LogP contribution in [0.4, 0.5) is 0 Å². The van der Waals surface area contributed by atoms with Crippen molar-refractivity contribution in [3.63, 3.8) is 0 Å². The van der Waals surface area contributed by atoms with E-state index in [4.69, 9.17) is 21.7 Å². The number of nitrogens with two attached hydrogens (primary N) is 2. The highest BCUT2D eigenvalue weighted by molar-refractivity contribution is 7.98. The number of aliphatic hydroxyl groups excluding tert-OH is 1. The van der Waals surface area contributed by atoms with Gasteiger partial charge in [-0.05, 0) is 49.0 Å². The Bertz CT molecular complexity index is 914. The number of phenols is 1. The van der Waals surface area contributed by atoms with E-state index in [1.54, 1.807) is 18.4 Å². The van der Waals surface area contributed by atoms with E-state index < -0.39 is 60.4 Å². The molecule has 0 radical (unpaired) electrons. The van der Waals surface area contributed by atoms with Gasteiger partial charge in [-0.3, -0.25) is 19.2 Å². The molecule has 0 fully saturated rings. The molecule has 1 aromatic carbocycles. The zero-order valence-corrected chi connectivity index (χ0v) is 20.6. The maximum Gasteiger partial charge on any atom is 0.328 e. The molecule has 0 heterocycles. The van der Waals surface area contributed by atoms with Crippen LogP contribution in [-0.4, -0.2) is 87.7 Å². The SMILES string of the molecule is CSCCC(NC(=O)C(CCC(N)=O)NC(=O)C(N)Cc1ccc(O)cc1)C(=O)NC(CO)C(=O)O. The molecule has 4 amide bonds. The molecule has 0 spiro atoms. The van der Waals surface area contributed by atoms with Gasteiger partial charge in [0.25, 0.3) is 0 Å². The number of nitrogens with one attached hydrogen (secondary N) is 3. The van der Waals surface area contributed by atoms with Crippen LogP contribution < -0.4 is 27.4 Å². The molecule has 4 atom stereocenters. The third-order valence-corrected chi connectivity index (χ3v) is 5.73. The van der Waals surface area contributed by atoms with E-state index >= 15 is 0 Å². The summed E-state index contributed by atoms with van der Waals surface area (Å²) in [6.07, 6.45) is 1.61. The third kappa shape index (κ3) is 10.9. The van der Waals surface area contributed by atoms with Gasteiger partial charge >= 0.3 is 5.97 Å². The average Bonchev–Trinajstić information content (AvgIpc) is 2.83. The largest absolute Gasteiger partial charge is 0.508 e. The van der Waals surface area contributed by atoms with Crippen LogP contribution in [-0.2, 0) is 30.4 Å². The van der Waals surface area contributed by atoms with Gasteiger partial charge in [-0.25, -0.2) is 4.79 Å². The lowest BCUT2D eigenvalue weighted by Gasteiger charge is -2.25. The molecular weight excluding hydrogens is 494 g/mol. The summed E-state index contributed by atoms with van der Waals surface area (Å²) in [5, 5.41) is 34.7. The van der Waals surface area contributed by atoms with Gasteiger partial charge < -0.3 is 42.7 Å². The first-order chi connectivity index (χ1) is 17.0. The summed E-state index contributed by atoms with van der Waals surface area (Å²) >= 11 is 1.38. The Morgan fingerprint density at radius 3 is 1.94 bits per heavy atom. The van der Waals surface area contributed by atoms with Crippen molar-refractivity contribution in [1.82, 2.24) is 16.0 Å². The van der Waals surface area contributed by atoms with Crippen LogP contribution in [0.2, 0.25) is 0 Å². The number of aromatic hydroxyl groups is 1. The highest BCUT2D eigenvalue weighted by Gasteiger charge is 2.30. The molecule has 0 aromatic heterocycles. The second-order valence-electron chi connectivity index (χ2n) is 7.97. The van der Waals surface area contributed by atoms with Crippen LogP contribution >= 0.6 is 11.8 Å². The monoisotopic (exact) mass is 527 g/mol. The summed E-state index contributed by atoms with van der Waals surface area (Å²) in [5.74, 6) is -3.99. The van der Waals surface area contributed by atoms with E-state index in [-0.39, 0.29) is 31.4 Å². The maximum absolute atomic E-state index is 13.0. The van der Waals surface area contributed by atoms with E-state index in [1.165, 1.54) is 23.9 Å². The van der Waals surface area contributed by atoms with E-state index in [0.29, 0.717) is 11.3 Å². The first kappa shape index (κ1) is 30.7. The second-order valence-corrected chi connectivity index (χ2v) is 8.95. The molecule has 4 unspecified atom stereocenters. The van der Waals surface area contributed by atoms with Crippen molar-refractivity contribution in [2.75, 3.05) is 18.6 Å². The van der Waals surface area contributed by atoms with Gasteiger partial charge in [0.1, 0.15) is 23.9 Å². The van der Waals surface area contributed by atoms with E-state index in [2.05, 4.69) is 16.0 Å². The number of aliphatic hydroxyl groups is 1. The first-order valence-corrected chi connectivity index (χ1v) is 12.4. The minimum Gasteiger partial charge on any atom is -0.508 e. The van der Waals surface area contributed by atoms with Gasteiger partial charge in [0.15, 0.2) is 0 Å². The number of rotatable bonds is 16. The first-order valence-electron chi connectivity index (χ1n) is 11.0. The van der Waals surface area contributed by atoms with Crippen LogP contribution in [0, 0.1) is 0 Å². The van der Waals surface area contributed by atoms with E-state index in [1.807, 2.05) is 0 Å². The number of hydrogen-bond donors (Lipinski definition) is 8. The highest BCUT2D eigenvalue weighted by atomic mass is 32.2. The van der Waals surface area contributed by atoms with Crippen molar-refractivity contribution in [2.24, 2.45) is 11.5 Å². The predicted molar refractivity (Wildman–Crippen MR) is 132 cm³/mol. The minimum absolute atomic E-state index is 0.0497. The Balaban J connectivity index is 2.95. The van der Waals surface area contributed by atoms with E-state index in [9.17, 15) is 29.1 Å². The quantitative estimate of drug-likeness (QED) is 0.116. The summed E-state index contributed by atoms with van der Waals surface area (Å²) in [5.41, 5.74) is 11.8. The Morgan fingerprint density at radius 1 is 0.917 bits per heavy atom. The molecule has 36 heavy (non-hydrogen) atoms. The van der Waals surface area contributed by atoms with Crippen LogP contribution in [0.25, 0.3) is 0 Å². The van der Waals surface area contributed by atoms with Gasteiger partial charge in [-0.2, -0.15) is 11.8 Å². The number of carboxylic acids is 1. The van der Waals surface area contributed by atoms with Gasteiger partial charge in [-0.15, -0.1) is 0 Å². The fourth-order valence-corrected chi connectivity index (χ4v) is 3.52. The number of phenolic OH excluding ortho intramolecular Hbond substituents is 1. The van der Waals surface area contributed by atoms with Crippen molar-refractivity contribution in [1.29, 1.82) is 0 Å². The molecule has 10 N–H and O–H groups in total. The maximum atomic E-state index is 13.0. The van der Waals surface area contributed by atoms with Crippen molar-refractivity contribution >= 4 is 41.4 Å². The molecule has 13 nitrogen and oxygen atoms in total. The second kappa shape index (κ2) is 15.6. The molecule has 1 aromatic rings. The Hall–Kier alpha value is -3.36. The lowest BCUT2D eigenvalue weighted by Crippen LogP contribution is -2.57. The number of primary amides is 1. The van der Waals surface area contributed by atoms with Crippen molar-refractivity contribution in [3.05, 3.63) is 29.8 Å². The zero-order valence-electron chi connectivity index (χ0n) is 19.8. The molecule has 1 rings (SSSR count). The number of carbonyl (C=O) groups excluding carboxylic acids is 4. The van der Waals surface area contributed by atoms with Crippen molar-refractivity contribution in [2.45, 2.75) is 49.9 Å². The average molecular weight is 528 g/mol. The molecular formula is C22H33N5O8S. The standard InChI is InChI=1S/C22H33N5O8S/c1-36-9-8-16(21(33)27-17(11-28)22(34)35)26-20(32)15(6-7-18(24)30)25-19(31)14(23)10-12-2-4-13(29)5-3-12/h2-5,14-17,28-29H,6-11,23H2,1H3,(H2,24,30)(H,25,31)(H,26,32)(H,27,33)(H,34,35). The normalized spacial score (nSPS) is 14.1. The summed E-state index contributed by atoms with van der Waals surface area (Å²) < 4.78 is 0. The van der Waals surface area contributed by atoms with Gasteiger partial charge in [0, 0.05) is 6.42 Å². The molecule has 0 saturated carbocycles. The zero-order chi connectivity index (χ0) is 27.3. The number of amides is 4. The minimum atomic E-state index is -1.56. The smallest absolute Gasteiger partial charge is 0.328 e. The number of thioether (sulfide) groups is 1. The van der Waals surface area contributed by atoms with Crippen LogP contribution in [0.5, 0.6) is 5.75 Å². The van der Waals surface area contributed by atoms with Gasteiger partial charge in [0.2, 0.25) is 23.6 Å². The highest BCUT2D eigenvalue weighted by Crippen LogP contribution is 2.11. The lowest BCUT2D eigenvalue weighted by atomic mass is 10.0. The van der Waals surface area contributed by atoms with Gasteiger partial charge in [0.05, 0.1) is 12.6 Å². The summed E-state index contributed by atoms with van der Waals surface area (Å²) in [6.45, 7) is -0.847. The van der Waals surface area contributed by atoms with Crippen LogP contribution in [0.15, 0.2) is 24.3 Å². The van der Waals surface area contributed by atoms with E-state index in [0.717, 1.165) is 0 Å². The molecule has 0 aliphatic rings. The topological polar surface area (TPSA) is 234 Å². The summed E-state index contributed by atoms with van der Waals surface area (Å²) in [4.78, 5) is 60.7. The molecule has 200 valence electrons. The summed E-state index contributed by atoms with van der Waals surface area (Å²) in [7, 11) is 0. The van der Waals surface area contributed by atoms with Crippen LogP contribution in [0.3, 0.4) is 0 Å². The van der Waals surface area contributed by atoms with Crippen molar-refractivity contribution in [3.8, 4) is 5.75 Å². The molecule has 0 bridgehead atoms. The number of carbonyl (C=O) groups is 5. The fourth-order valence-electron chi connectivity index (χ4n) is 3.05. The molecule has 0 saturated heterocycles. The molecule has 14 heteroatoms. The Kier molecular flexibility index (Phi) is 13.3. The van der Waals surface area contributed by atoms with Crippen LogP contribution in [0.1, 0.15) is 24.8 Å². The Labute approximate surface area is 212 Å². The third-order valence-electron chi connectivity index (χ3n) is 5.08. The fraction of sp³-hybridized carbons (Fsp3) is 0.500. The Morgan fingerprint density at radius 2 is 1.44 bits per heavy atom. The molecule has 0 aliphatic carbocycles. The number of carboxylic acid groups (broad SMARTS) is 1. The number of aliphatic carboxylic acids is 1. The van der Waals surface area contributed by atoms with Gasteiger partial charge in [-0.1, -0.05) is 12.1 Å².